The van der Waals surface area contributed by atoms with Crippen molar-refractivity contribution in [3.05, 3.63) is 12.7 Å². The van der Waals surface area contributed by atoms with Crippen LogP contribution in [-0.4, -0.2) is 50.6 Å². The van der Waals surface area contributed by atoms with Crippen LogP contribution < -0.4 is 0 Å². The minimum Gasteiger partial charge on any atom is -0.302 e. The minimum atomic E-state index is -0.176. The van der Waals surface area contributed by atoms with Crippen LogP contribution in [0.3, 0.4) is 0 Å². The van der Waals surface area contributed by atoms with Gasteiger partial charge in [-0.15, -0.1) is 0 Å². The number of rotatable bonds is 1. The van der Waals surface area contributed by atoms with Gasteiger partial charge in [-0.2, -0.15) is 0 Å². The monoisotopic (exact) mass is 184 g/mol. The summed E-state index contributed by atoms with van der Waals surface area (Å²) in [5.41, 5.74) is 0. The second kappa shape index (κ2) is 9.86. The van der Waals surface area contributed by atoms with Gasteiger partial charge in [-0.05, 0) is 6.08 Å². The molecule has 0 spiro atoms. The molecule has 10 radical (unpaired) electrons. The molecule has 32 valence electrons. The molecular weight excluding hydrogens is 180 g/mol. The molecule has 0 rings (SSSR count). The van der Waals surface area contributed by atoms with Gasteiger partial charge in [-0.1, -0.05) is 6.58 Å². The number of hydrogen-bond donors (Lipinski definition) is 0. The van der Waals surface area contributed by atoms with Crippen molar-refractivity contribution >= 4 is 50.6 Å². The first-order valence-corrected chi connectivity index (χ1v) is 1.65. The summed E-state index contributed by atoms with van der Waals surface area (Å²) < 4.78 is 0. The Hall–Kier alpha value is 0.702. The quantitative estimate of drug-likeness (QED) is 0.380. The summed E-state index contributed by atoms with van der Waals surface area (Å²) in [7, 11) is 2.66. The number of carbonyl (C=O) groups excluding carboxylic acids is 1. The molecule has 0 heterocycles. The Kier molecular flexibility index (Phi) is 22.0. The van der Waals surface area contributed by atoms with Crippen LogP contribution in [0.5, 0.6) is 0 Å². The Labute approximate surface area is 68.1 Å². The maximum atomic E-state index is 9.61. The van der Waals surface area contributed by atoms with Crippen LogP contribution in [0.25, 0.3) is 0 Å². The van der Waals surface area contributed by atoms with Crippen LogP contribution in [-0.2, 0) is 4.79 Å². The molecule has 0 aliphatic carbocycles. The zero-order valence-corrected chi connectivity index (χ0v) is 8.02. The summed E-state index contributed by atoms with van der Waals surface area (Å²) in [6.07, 6.45) is 1.19. The van der Waals surface area contributed by atoms with E-state index in [2.05, 4.69) is 16.8 Å². The van der Waals surface area contributed by atoms with Crippen LogP contribution in [0, 0.1) is 0 Å². The van der Waals surface area contributed by atoms with Crippen molar-refractivity contribution in [3.63, 3.8) is 0 Å². The minimum absolute atomic E-state index is 0. The fourth-order valence-corrected chi connectivity index (χ4v) is 0. The molecule has 0 aliphatic heterocycles. The van der Waals surface area contributed by atoms with Crippen molar-refractivity contribution in [2.45, 2.75) is 0 Å². The molecular formula is C3H3AlGeOSi. The number of allylic oxidation sites excluding steroid dienone is 1. The molecule has 7 heavy (non-hydrogen) atoms. The summed E-state index contributed by atoms with van der Waals surface area (Å²) in [6, 6.07) is 0. The van der Waals surface area contributed by atoms with Gasteiger partial charge in [0.2, 0.25) is 0 Å². The summed E-state index contributed by atoms with van der Waals surface area (Å²) in [5.74, 6) is 0. The Morgan fingerprint density at radius 3 is 1.86 bits per heavy atom. The molecule has 1 nitrogen and oxygen atoms in total. The van der Waals surface area contributed by atoms with Gasteiger partial charge in [-0.25, -0.2) is 0 Å². The van der Waals surface area contributed by atoms with Crippen LogP contribution in [0.1, 0.15) is 0 Å². The summed E-state index contributed by atoms with van der Waals surface area (Å²) in [4.78, 5) is 9.61. The molecule has 0 saturated heterocycles. The third kappa shape index (κ3) is 20.3. The first-order valence-electron chi connectivity index (χ1n) is 1.15. The van der Waals surface area contributed by atoms with E-state index in [0.29, 0.717) is 0 Å². The Balaban J connectivity index is -0.0000000800. The summed E-state index contributed by atoms with van der Waals surface area (Å²) >= 11 is 0. The van der Waals surface area contributed by atoms with Crippen LogP contribution in [0.2, 0.25) is 0 Å². The smallest absolute Gasteiger partial charge is 0.132 e. The van der Waals surface area contributed by atoms with Gasteiger partial charge in [-0.3, -0.25) is 0 Å². The molecule has 0 aliphatic rings. The second-order valence-corrected chi connectivity index (χ2v) is 1.06. The Morgan fingerprint density at radius 2 is 1.86 bits per heavy atom. The molecule has 0 unspecified atom stereocenters. The van der Waals surface area contributed by atoms with E-state index < -0.39 is 0 Å². The molecule has 4 heteroatoms. The third-order valence-electron chi connectivity index (χ3n) is 0.185. The first-order chi connectivity index (χ1) is 2.27. The van der Waals surface area contributed by atoms with E-state index in [1.165, 1.54) is 6.08 Å². The van der Waals surface area contributed by atoms with Crippen molar-refractivity contribution in [1.29, 1.82) is 0 Å². The van der Waals surface area contributed by atoms with E-state index in [-0.39, 0.29) is 40.4 Å². The molecule has 0 bridgehead atoms. The van der Waals surface area contributed by atoms with E-state index in [9.17, 15) is 4.79 Å². The van der Waals surface area contributed by atoms with Crippen LogP contribution in [0.15, 0.2) is 12.7 Å². The second-order valence-electron chi connectivity index (χ2n) is 0.568. The molecule has 0 aromatic rings. The SMILES string of the molecule is C=CC(=O)[Si].[Al].[Ge]. The molecule has 0 saturated carbocycles. The number of hydrogen-bond acceptors (Lipinski definition) is 1. The van der Waals surface area contributed by atoms with E-state index in [1.807, 2.05) is 0 Å². The maximum absolute atomic E-state index is 9.61. The Bertz CT molecular complexity index is 66.0. The van der Waals surface area contributed by atoms with E-state index in [4.69, 9.17) is 0 Å². The van der Waals surface area contributed by atoms with Gasteiger partial charge in [0.25, 0.3) is 0 Å². The normalized spacial score (nSPS) is 4.71. The van der Waals surface area contributed by atoms with Gasteiger partial charge in [0.15, 0.2) is 0 Å². The zero-order valence-electron chi connectivity index (χ0n) is 3.77. The predicted molar refractivity (Wildman–Crippen MR) is 32.5 cm³/mol. The molecule has 0 N–H and O–H groups in total. The Morgan fingerprint density at radius 1 is 1.71 bits per heavy atom. The predicted octanol–water partition coefficient (Wildman–Crippen LogP) is -0.894. The fourth-order valence-electron chi connectivity index (χ4n) is 0. The zero-order chi connectivity index (χ0) is 4.28. The third-order valence-corrected chi connectivity index (χ3v) is 0.390. The van der Waals surface area contributed by atoms with E-state index >= 15 is 0 Å². The van der Waals surface area contributed by atoms with Crippen molar-refractivity contribution < 1.29 is 4.79 Å². The molecule has 0 aromatic heterocycles. The van der Waals surface area contributed by atoms with Crippen molar-refractivity contribution in [2.75, 3.05) is 0 Å². The average molecular weight is 183 g/mol. The van der Waals surface area contributed by atoms with Gasteiger partial charge in [0.05, 0.1) is 0 Å². The standard InChI is InChI=1S/C3H3OSi.Al.Ge/c1-2-3(4)5;;/h2H,1H2;;. The van der Waals surface area contributed by atoms with Crippen molar-refractivity contribution in [2.24, 2.45) is 0 Å². The summed E-state index contributed by atoms with van der Waals surface area (Å²) in [5, 5.41) is -0.176. The van der Waals surface area contributed by atoms with E-state index in [1.54, 1.807) is 0 Å². The van der Waals surface area contributed by atoms with Gasteiger partial charge in [0, 0.05) is 35.0 Å². The molecule has 0 atom stereocenters. The van der Waals surface area contributed by atoms with Gasteiger partial charge >= 0.3 is 0 Å². The van der Waals surface area contributed by atoms with Crippen molar-refractivity contribution in [3.8, 4) is 0 Å². The van der Waals surface area contributed by atoms with Crippen molar-refractivity contribution in [1.82, 2.24) is 0 Å². The van der Waals surface area contributed by atoms with Gasteiger partial charge < -0.3 is 4.79 Å². The largest absolute Gasteiger partial charge is 0.302 e. The van der Waals surface area contributed by atoms with Crippen LogP contribution >= 0.6 is 0 Å². The van der Waals surface area contributed by atoms with Crippen LogP contribution in [0.4, 0.5) is 0 Å². The fraction of sp³-hybridized carbons (Fsp3) is 0. The van der Waals surface area contributed by atoms with E-state index in [0.717, 1.165) is 0 Å². The molecule has 0 fully saturated rings. The maximum Gasteiger partial charge on any atom is 0.132 e. The van der Waals surface area contributed by atoms with Gasteiger partial charge in [0.1, 0.15) is 15.6 Å². The topological polar surface area (TPSA) is 17.1 Å². The molecule has 0 aromatic carbocycles. The molecule has 0 amide bonds. The number of carbonyl (C=O) groups is 1. The first kappa shape index (κ1) is 15.6. The average Bonchev–Trinajstić information content (AvgIpc) is 1.38. The summed E-state index contributed by atoms with van der Waals surface area (Å²) in [6.45, 7) is 3.16.